The third-order valence-corrected chi connectivity index (χ3v) is 8.07. The van der Waals surface area contributed by atoms with E-state index < -0.39 is 0 Å². The van der Waals surface area contributed by atoms with Crippen LogP contribution in [0.4, 0.5) is 5.69 Å². The zero-order valence-electron chi connectivity index (χ0n) is 22.7. The van der Waals surface area contributed by atoms with Gasteiger partial charge in [-0.25, -0.2) is 0 Å². The van der Waals surface area contributed by atoms with Crippen LogP contribution in [0.25, 0.3) is 5.69 Å². The maximum atomic E-state index is 13.2. The summed E-state index contributed by atoms with van der Waals surface area (Å²) < 4.78 is 18.9. The number of methoxy groups -OCH3 is 3. The lowest BCUT2D eigenvalue weighted by molar-refractivity contribution is -0.116. The number of hydrogen-bond acceptors (Lipinski definition) is 8. The van der Waals surface area contributed by atoms with E-state index in [4.69, 9.17) is 14.2 Å². The minimum atomic E-state index is -0.355. The van der Waals surface area contributed by atoms with Gasteiger partial charge in [0.15, 0.2) is 22.5 Å². The Balaban J connectivity index is 1.35. The van der Waals surface area contributed by atoms with Gasteiger partial charge in [0.2, 0.25) is 11.7 Å². The van der Waals surface area contributed by atoms with Crippen LogP contribution in [-0.4, -0.2) is 60.2 Å². The van der Waals surface area contributed by atoms with Crippen LogP contribution in [0.2, 0.25) is 0 Å². The summed E-state index contributed by atoms with van der Waals surface area (Å²) in [5, 5.41) is 12.2. The van der Waals surface area contributed by atoms with Gasteiger partial charge in [0, 0.05) is 28.0 Å². The normalized spacial score (nSPS) is 12.1. The number of para-hydroxylation sites is 1. The first kappa shape index (κ1) is 28.5. The lowest BCUT2D eigenvalue weighted by Crippen LogP contribution is -2.30. The molecule has 10 nitrogen and oxygen atoms in total. The summed E-state index contributed by atoms with van der Waals surface area (Å²) in [6.07, 6.45) is 0.845. The van der Waals surface area contributed by atoms with Crippen molar-refractivity contribution in [1.29, 1.82) is 0 Å². The SMILES string of the molecule is COc1cc(C(=O)NCc2nnc(SCC(=O)N3CCc4ccccc43)n2-c2ccc(Br)cc2)cc(OC)c1OC. The molecule has 0 spiro atoms. The molecule has 0 bridgehead atoms. The third-order valence-electron chi connectivity index (χ3n) is 6.63. The molecular weight excluding hydrogens is 610 g/mol. The first-order valence-electron chi connectivity index (χ1n) is 12.7. The van der Waals surface area contributed by atoms with Crippen molar-refractivity contribution in [2.75, 3.05) is 38.5 Å². The van der Waals surface area contributed by atoms with Gasteiger partial charge in [-0.15, -0.1) is 10.2 Å². The summed E-state index contributed by atoms with van der Waals surface area (Å²) in [4.78, 5) is 28.1. The molecule has 0 saturated heterocycles. The Morgan fingerprint density at radius 2 is 1.68 bits per heavy atom. The minimum absolute atomic E-state index is 0.00237. The molecule has 41 heavy (non-hydrogen) atoms. The summed E-state index contributed by atoms with van der Waals surface area (Å²) in [7, 11) is 4.49. The molecule has 3 aromatic carbocycles. The molecule has 0 atom stereocenters. The molecule has 12 heteroatoms. The Bertz CT molecular complexity index is 1550. The number of nitrogens with one attached hydrogen (secondary N) is 1. The maximum absolute atomic E-state index is 13.2. The van der Waals surface area contributed by atoms with Gasteiger partial charge in [0.1, 0.15) is 0 Å². The summed E-state index contributed by atoms with van der Waals surface area (Å²) >= 11 is 4.78. The van der Waals surface area contributed by atoms with Crippen molar-refractivity contribution < 1.29 is 23.8 Å². The lowest BCUT2D eigenvalue weighted by Gasteiger charge is -2.17. The first-order chi connectivity index (χ1) is 19.9. The molecule has 5 rings (SSSR count). The molecule has 212 valence electrons. The first-order valence-corrected chi connectivity index (χ1v) is 14.5. The third kappa shape index (κ3) is 6.03. The van der Waals surface area contributed by atoms with E-state index in [0.717, 1.165) is 22.3 Å². The molecule has 0 saturated carbocycles. The predicted molar refractivity (Wildman–Crippen MR) is 160 cm³/mol. The number of nitrogens with zero attached hydrogens (tertiary/aromatic N) is 4. The van der Waals surface area contributed by atoms with E-state index in [1.807, 2.05) is 51.9 Å². The summed E-state index contributed by atoms with van der Waals surface area (Å²) in [6, 6.07) is 18.8. The summed E-state index contributed by atoms with van der Waals surface area (Å²) in [5.74, 6) is 1.50. The number of thioether (sulfide) groups is 1. The van der Waals surface area contributed by atoms with E-state index >= 15 is 0 Å². The second kappa shape index (κ2) is 12.6. The highest BCUT2D eigenvalue weighted by molar-refractivity contribution is 9.10. The van der Waals surface area contributed by atoms with Crippen LogP contribution >= 0.6 is 27.7 Å². The topological polar surface area (TPSA) is 108 Å². The Kier molecular flexibility index (Phi) is 8.79. The number of aromatic nitrogens is 3. The van der Waals surface area contributed by atoms with Gasteiger partial charge >= 0.3 is 0 Å². The van der Waals surface area contributed by atoms with Crippen molar-refractivity contribution >= 4 is 45.2 Å². The molecule has 4 aromatic rings. The zero-order valence-corrected chi connectivity index (χ0v) is 25.1. The average molecular weight is 639 g/mol. The van der Waals surface area contributed by atoms with Crippen LogP contribution in [-0.2, 0) is 17.8 Å². The van der Waals surface area contributed by atoms with Crippen molar-refractivity contribution in [2.45, 2.75) is 18.1 Å². The van der Waals surface area contributed by atoms with E-state index in [1.54, 1.807) is 12.1 Å². The number of fused-ring (bicyclic) bond motifs is 1. The minimum Gasteiger partial charge on any atom is -0.493 e. The molecule has 0 radical (unpaired) electrons. The number of carbonyl (C=O) groups is 2. The fraction of sp³-hybridized carbons (Fsp3) is 0.241. The number of hydrogen-bond donors (Lipinski definition) is 1. The Morgan fingerprint density at radius 1 is 0.976 bits per heavy atom. The number of benzene rings is 3. The van der Waals surface area contributed by atoms with E-state index in [2.05, 4.69) is 37.5 Å². The monoisotopic (exact) mass is 637 g/mol. The number of halogens is 1. The quantitative estimate of drug-likeness (QED) is 0.250. The van der Waals surface area contributed by atoms with Crippen molar-refractivity contribution in [3.8, 4) is 22.9 Å². The van der Waals surface area contributed by atoms with Gasteiger partial charge in [-0.2, -0.15) is 0 Å². The number of rotatable bonds is 10. The van der Waals surface area contributed by atoms with Crippen LogP contribution in [0, 0.1) is 0 Å². The highest BCUT2D eigenvalue weighted by Gasteiger charge is 2.25. The molecular formula is C29H28BrN5O5S. The molecule has 2 amide bonds. The maximum Gasteiger partial charge on any atom is 0.251 e. The summed E-state index contributed by atoms with van der Waals surface area (Å²) in [6.45, 7) is 0.753. The molecule has 0 fully saturated rings. The molecule has 1 N–H and O–H groups in total. The molecule has 0 aliphatic carbocycles. The lowest BCUT2D eigenvalue weighted by atomic mass is 10.1. The fourth-order valence-corrected chi connectivity index (χ4v) is 5.74. The fourth-order valence-electron chi connectivity index (χ4n) is 4.63. The zero-order chi connectivity index (χ0) is 28.9. The Labute approximate surface area is 250 Å². The number of ether oxygens (including phenoxy) is 3. The van der Waals surface area contributed by atoms with Gasteiger partial charge in [0.25, 0.3) is 5.91 Å². The van der Waals surface area contributed by atoms with Crippen molar-refractivity contribution in [3.05, 3.63) is 82.1 Å². The van der Waals surface area contributed by atoms with Crippen molar-refractivity contribution in [1.82, 2.24) is 20.1 Å². The van der Waals surface area contributed by atoms with Gasteiger partial charge in [0.05, 0.1) is 33.6 Å². The number of amides is 2. The smallest absolute Gasteiger partial charge is 0.251 e. The second-order valence-corrected chi connectivity index (χ2v) is 10.9. The van der Waals surface area contributed by atoms with E-state index in [0.29, 0.717) is 40.3 Å². The largest absolute Gasteiger partial charge is 0.493 e. The van der Waals surface area contributed by atoms with Crippen LogP contribution in [0.3, 0.4) is 0 Å². The average Bonchev–Trinajstić information content (AvgIpc) is 3.62. The van der Waals surface area contributed by atoms with Crippen LogP contribution in [0.1, 0.15) is 21.7 Å². The molecule has 1 aliphatic rings. The van der Waals surface area contributed by atoms with E-state index in [9.17, 15) is 9.59 Å². The Hall–Kier alpha value is -4.03. The molecule has 1 aromatic heterocycles. The second-order valence-electron chi connectivity index (χ2n) is 9.02. The van der Waals surface area contributed by atoms with Crippen LogP contribution in [0.15, 0.2) is 70.3 Å². The highest BCUT2D eigenvalue weighted by atomic mass is 79.9. The Morgan fingerprint density at radius 3 is 2.37 bits per heavy atom. The van der Waals surface area contributed by atoms with Crippen molar-refractivity contribution in [2.24, 2.45) is 0 Å². The van der Waals surface area contributed by atoms with E-state index in [-0.39, 0.29) is 24.1 Å². The predicted octanol–water partition coefficient (Wildman–Crippen LogP) is 4.67. The highest BCUT2D eigenvalue weighted by Crippen LogP contribution is 2.38. The van der Waals surface area contributed by atoms with Gasteiger partial charge < -0.3 is 24.4 Å². The number of anilines is 1. The molecule has 1 aliphatic heterocycles. The van der Waals surface area contributed by atoms with Gasteiger partial charge in [-0.3, -0.25) is 14.2 Å². The summed E-state index contributed by atoms with van der Waals surface area (Å²) in [5.41, 5.74) is 3.27. The van der Waals surface area contributed by atoms with Crippen molar-refractivity contribution in [3.63, 3.8) is 0 Å². The number of carbonyl (C=O) groups excluding carboxylic acids is 2. The van der Waals surface area contributed by atoms with Crippen LogP contribution < -0.4 is 24.4 Å². The van der Waals surface area contributed by atoms with Gasteiger partial charge in [-0.1, -0.05) is 45.9 Å². The molecule has 2 heterocycles. The van der Waals surface area contributed by atoms with Gasteiger partial charge in [-0.05, 0) is 54.4 Å². The van der Waals surface area contributed by atoms with E-state index in [1.165, 1.54) is 38.7 Å². The van der Waals surface area contributed by atoms with Crippen LogP contribution in [0.5, 0.6) is 17.2 Å². The molecule has 0 unspecified atom stereocenters. The standard InChI is InChI=1S/C29H28BrN5O5S/c1-38-23-14-19(15-24(39-2)27(23)40-3)28(37)31-16-25-32-33-29(35(25)21-10-8-20(30)9-11-21)41-17-26(36)34-13-12-18-6-4-5-7-22(18)34/h4-11,14-15H,12-13,16-17H2,1-3H3,(H,31,37).